The lowest BCUT2D eigenvalue weighted by molar-refractivity contribution is 0.0983. The summed E-state index contributed by atoms with van der Waals surface area (Å²) in [5.74, 6) is -0.453. The molecule has 5 heteroatoms. The number of halogens is 1. The lowest BCUT2D eigenvalue weighted by atomic mass is 10.1. The number of hydrogen-bond acceptors (Lipinski definition) is 3. The maximum atomic E-state index is 11.9. The van der Waals surface area contributed by atoms with E-state index in [1.807, 2.05) is 0 Å². The van der Waals surface area contributed by atoms with Crippen molar-refractivity contribution in [1.82, 2.24) is 0 Å². The van der Waals surface area contributed by atoms with Crippen LogP contribution < -0.4 is 0 Å². The molecular weight excluding hydrogens is 280 g/mol. The number of hydrogen-bond donors (Lipinski definition) is 0. The minimum absolute atomic E-state index is 0.377. The Bertz CT molecular complexity index is 463. The Hall–Kier alpha value is -0.680. The average Bonchev–Trinajstić information content (AvgIpc) is 2.16. The van der Waals surface area contributed by atoms with Gasteiger partial charge in [-0.05, 0) is 6.92 Å². The molecule has 0 fully saturated rings. The number of benzene rings is 1. The molecule has 0 saturated carbocycles. The summed E-state index contributed by atoms with van der Waals surface area (Å²) in [6.07, 6.45) is 1.03. The van der Waals surface area contributed by atoms with Crippen LogP contribution in [-0.4, -0.2) is 24.1 Å². The molecule has 15 heavy (non-hydrogen) atoms. The lowest BCUT2D eigenvalue weighted by Crippen LogP contribution is -2.36. The van der Waals surface area contributed by atoms with Gasteiger partial charge >= 0.3 is 0 Å². The van der Waals surface area contributed by atoms with Gasteiger partial charge in [-0.1, -0.05) is 46.3 Å². The van der Waals surface area contributed by atoms with Crippen LogP contribution in [0.1, 0.15) is 17.3 Å². The van der Waals surface area contributed by atoms with E-state index in [0.717, 1.165) is 6.26 Å². The molecule has 0 aliphatic carbocycles. The fraction of sp³-hybridized carbons (Fsp3) is 0.300. The van der Waals surface area contributed by atoms with E-state index in [1.54, 1.807) is 30.3 Å². The quantitative estimate of drug-likeness (QED) is 0.632. The largest absolute Gasteiger partial charge is 0.291 e. The van der Waals surface area contributed by atoms with Crippen molar-refractivity contribution in [2.45, 2.75) is 10.6 Å². The van der Waals surface area contributed by atoms with Crippen molar-refractivity contribution < 1.29 is 13.2 Å². The normalized spacial score (nSPS) is 15.7. The molecule has 82 valence electrons. The summed E-state index contributed by atoms with van der Waals surface area (Å²) in [4.78, 5) is 11.9. The summed E-state index contributed by atoms with van der Waals surface area (Å²) in [7, 11) is -3.48. The molecule has 0 radical (unpaired) electrons. The molecule has 0 aliphatic rings. The highest BCUT2D eigenvalue weighted by Crippen LogP contribution is 2.28. The second kappa shape index (κ2) is 4.06. The van der Waals surface area contributed by atoms with E-state index in [1.165, 1.54) is 6.92 Å². The number of carbonyl (C=O) groups is 1. The smallest absolute Gasteiger partial charge is 0.194 e. The van der Waals surface area contributed by atoms with Crippen molar-refractivity contribution in [3.63, 3.8) is 0 Å². The predicted molar refractivity (Wildman–Crippen MR) is 62.9 cm³/mol. The highest BCUT2D eigenvalue weighted by atomic mass is 79.9. The highest BCUT2D eigenvalue weighted by Gasteiger charge is 2.40. The van der Waals surface area contributed by atoms with Crippen LogP contribution in [0.5, 0.6) is 0 Å². The van der Waals surface area contributed by atoms with Gasteiger partial charge in [0.15, 0.2) is 19.3 Å². The predicted octanol–water partition coefficient (Wildman–Crippen LogP) is 2.02. The minimum atomic E-state index is -3.48. The number of rotatable bonds is 3. The Balaban J connectivity index is 3.17. The van der Waals surface area contributed by atoms with E-state index in [0.29, 0.717) is 5.56 Å². The molecule has 0 unspecified atom stereocenters. The Labute approximate surface area is 97.5 Å². The van der Waals surface area contributed by atoms with Crippen LogP contribution in [0.15, 0.2) is 30.3 Å². The summed E-state index contributed by atoms with van der Waals surface area (Å²) in [6, 6.07) is 8.33. The van der Waals surface area contributed by atoms with E-state index < -0.39 is 19.3 Å². The van der Waals surface area contributed by atoms with E-state index in [9.17, 15) is 13.2 Å². The first kappa shape index (κ1) is 12.4. The van der Waals surface area contributed by atoms with Gasteiger partial charge in [-0.3, -0.25) is 4.79 Å². The molecule has 3 nitrogen and oxygen atoms in total. The number of ketones is 1. The van der Waals surface area contributed by atoms with Gasteiger partial charge in [0.2, 0.25) is 0 Å². The van der Waals surface area contributed by atoms with Crippen molar-refractivity contribution >= 4 is 31.6 Å². The van der Waals surface area contributed by atoms with Crippen molar-refractivity contribution in [1.29, 1.82) is 0 Å². The topological polar surface area (TPSA) is 51.2 Å². The van der Waals surface area contributed by atoms with E-state index in [2.05, 4.69) is 15.9 Å². The zero-order valence-corrected chi connectivity index (χ0v) is 10.8. The fourth-order valence-electron chi connectivity index (χ4n) is 1.02. The number of alkyl halides is 1. The van der Waals surface area contributed by atoms with Crippen LogP contribution in [0.4, 0.5) is 0 Å². The van der Waals surface area contributed by atoms with Crippen molar-refractivity contribution in [3.8, 4) is 0 Å². The molecule has 0 bridgehead atoms. The Kier molecular flexibility index (Phi) is 3.35. The third kappa shape index (κ3) is 2.46. The maximum absolute atomic E-state index is 11.9. The van der Waals surface area contributed by atoms with E-state index in [4.69, 9.17) is 0 Å². The van der Waals surface area contributed by atoms with Crippen LogP contribution in [0.2, 0.25) is 0 Å². The third-order valence-corrected chi connectivity index (χ3v) is 5.84. The van der Waals surface area contributed by atoms with Crippen LogP contribution >= 0.6 is 15.9 Å². The molecule has 1 aromatic carbocycles. The van der Waals surface area contributed by atoms with Gasteiger partial charge in [-0.25, -0.2) is 8.42 Å². The Morgan fingerprint density at radius 3 is 2.13 bits per heavy atom. The van der Waals surface area contributed by atoms with Gasteiger partial charge < -0.3 is 0 Å². The number of carbonyl (C=O) groups excluding carboxylic acids is 1. The molecule has 0 amide bonds. The molecule has 0 N–H and O–H groups in total. The summed E-state index contributed by atoms with van der Waals surface area (Å²) in [5, 5.41) is 0. The van der Waals surface area contributed by atoms with Crippen LogP contribution in [0, 0.1) is 0 Å². The SMILES string of the molecule is C[C@](Br)(C(=O)c1ccccc1)S(C)(=O)=O. The molecule has 1 rings (SSSR count). The summed E-state index contributed by atoms with van der Waals surface area (Å²) < 4.78 is 21.2. The maximum Gasteiger partial charge on any atom is 0.194 e. The van der Waals surface area contributed by atoms with Gasteiger partial charge in [0.1, 0.15) is 0 Å². The first-order valence-electron chi connectivity index (χ1n) is 4.25. The molecule has 0 aliphatic heterocycles. The molecule has 1 aromatic rings. The summed E-state index contributed by atoms with van der Waals surface area (Å²) >= 11 is 2.97. The van der Waals surface area contributed by atoms with Gasteiger partial charge in [-0.15, -0.1) is 0 Å². The molecule has 0 aromatic heterocycles. The molecule has 1 atom stereocenters. The van der Waals surface area contributed by atoms with Crippen molar-refractivity contribution in [2.75, 3.05) is 6.26 Å². The highest BCUT2D eigenvalue weighted by molar-refractivity contribution is 9.12. The molecule has 0 saturated heterocycles. The molecule has 0 heterocycles. The molecule has 0 spiro atoms. The number of Topliss-reactive ketones (excluding diaryl/α,β-unsaturated/α-hetero) is 1. The van der Waals surface area contributed by atoms with Gasteiger partial charge in [0.25, 0.3) is 0 Å². The molecular formula is C10H11BrO3S. The van der Waals surface area contributed by atoms with Crippen LogP contribution in [0.3, 0.4) is 0 Å². The Morgan fingerprint density at radius 1 is 1.27 bits per heavy atom. The van der Waals surface area contributed by atoms with Gasteiger partial charge in [0.05, 0.1) is 0 Å². The van der Waals surface area contributed by atoms with Gasteiger partial charge in [0, 0.05) is 11.8 Å². The fourth-order valence-corrected chi connectivity index (χ4v) is 1.70. The van der Waals surface area contributed by atoms with E-state index >= 15 is 0 Å². The zero-order chi connectivity index (χ0) is 11.7. The summed E-state index contributed by atoms with van der Waals surface area (Å²) in [5.41, 5.74) is 0.377. The third-order valence-electron chi connectivity index (χ3n) is 2.14. The van der Waals surface area contributed by atoms with E-state index in [-0.39, 0.29) is 0 Å². The second-order valence-electron chi connectivity index (χ2n) is 3.38. The van der Waals surface area contributed by atoms with Crippen molar-refractivity contribution in [2.24, 2.45) is 0 Å². The second-order valence-corrected chi connectivity index (χ2v) is 7.86. The number of sulfone groups is 1. The monoisotopic (exact) mass is 290 g/mol. The minimum Gasteiger partial charge on any atom is -0.291 e. The van der Waals surface area contributed by atoms with Crippen LogP contribution in [-0.2, 0) is 9.84 Å². The first-order chi connectivity index (χ1) is 6.77. The van der Waals surface area contributed by atoms with Gasteiger partial charge in [-0.2, -0.15) is 0 Å². The van der Waals surface area contributed by atoms with Crippen LogP contribution in [0.25, 0.3) is 0 Å². The summed E-state index contributed by atoms with van der Waals surface area (Å²) in [6.45, 7) is 1.34. The Morgan fingerprint density at radius 2 is 1.73 bits per heavy atom. The zero-order valence-electron chi connectivity index (χ0n) is 8.40. The average molecular weight is 291 g/mol. The standard InChI is InChI=1S/C10H11BrO3S/c1-10(11,15(2,13)14)9(12)8-6-4-3-5-7-8/h3-7H,1-2H3/t10-/m1/s1. The lowest BCUT2D eigenvalue weighted by Gasteiger charge is -2.18. The van der Waals surface area contributed by atoms with Crippen molar-refractivity contribution in [3.05, 3.63) is 35.9 Å². The first-order valence-corrected chi connectivity index (χ1v) is 6.93.